The minimum atomic E-state index is -5.08. The maximum Gasteiger partial charge on any atom is 0.498 e. The van der Waals surface area contributed by atoms with Gasteiger partial charge in [0.05, 0.1) is 5.69 Å². The fourth-order valence-corrected chi connectivity index (χ4v) is 3.86. The summed E-state index contributed by atoms with van der Waals surface area (Å²) in [6.07, 6.45) is -2.56. The normalized spacial score (nSPS) is 16.1. The molecule has 0 saturated carbocycles. The molecule has 8 nitrogen and oxygen atoms in total. The first-order chi connectivity index (χ1) is 13.3. The molecule has 2 aromatic rings. The number of alkyl halides is 3. The van der Waals surface area contributed by atoms with Crippen LogP contribution in [0, 0.1) is 0 Å². The van der Waals surface area contributed by atoms with E-state index in [-0.39, 0.29) is 10.8 Å². The zero-order chi connectivity index (χ0) is 20.3. The maximum absolute atomic E-state index is 13.4. The Hall–Kier alpha value is -2.12. The van der Waals surface area contributed by atoms with E-state index in [1.54, 1.807) is 6.07 Å². The molecule has 1 unspecified atom stereocenters. The van der Waals surface area contributed by atoms with E-state index in [0.29, 0.717) is 30.2 Å². The van der Waals surface area contributed by atoms with Crippen molar-refractivity contribution in [2.45, 2.75) is 32.5 Å². The molecule has 0 aliphatic carbocycles. The monoisotopic (exact) mass is 434 g/mol. The lowest BCUT2D eigenvalue weighted by molar-refractivity contribution is -0.115. The third-order valence-electron chi connectivity index (χ3n) is 4.04. The third kappa shape index (κ3) is 4.64. The van der Waals surface area contributed by atoms with Gasteiger partial charge in [-0.2, -0.15) is 4.31 Å². The minimum absolute atomic E-state index is 0.190. The molecular weight excluding hydrogens is 417 g/mol. The van der Waals surface area contributed by atoms with Crippen LogP contribution in [-0.2, 0) is 17.7 Å². The highest BCUT2D eigenvalue weighted by Gasteiger charge is 2.43. The first-order valence-corrected chi connectivity index (χ1v) is 10.3. The molecular formula is C15H17F3N6O2S2. The Morgan fingerprint density at radius 1 is 1.29 bits per heavy atom. The van der Waals surface area contributed by atoms with E-state index in [1.165, 1.54) is 23.5 Å². The number of halogens is 3. The van der Waals surface area contributed by atoms with Crippen LogP contribution in [0.15, 0.2) is 28.4 Å². The second-order valence-corrected chi connectivity index (χ2v) is 7.76. The van der Waals surface area contributed by atoms with Gasteiger partial charge >= 0.3 is 6.30 Å². The SMILES string of the molecule is CCc1nnc(N=Nc2ccc(N3CCCC3)cc2N(S(=O)O)C(F)(F)F)s1. The number of hydrogen-bond acceptors (Lipinski definition) is 7. The van der Waals surface area contributed by atoms with Crippen molar-refractivity contribution in [2.75, 3.05) is 22.3 Å². The molecule has 2 heterocycles. The summed E-state index contributed by atoms with van der Waals surface area (Å²) in [5.74, 6) is 0. The van der Waals surface area contributed by atoms with E-state index in [2.05, 4.69) is 20.4 Å². The van der Waals surface area contributed by atoms with Crippen LogP contribution >= 0.6 is 11.3 Å². The Morgan fingerprint density at radius 3 is 2.57 bits per heavy atom. The van der Waals surface area contributed by atoms with Crippen molar-refractivity contribution < 1.29 is 21.9 Å². The van der Waals surface area contributed by atoms with Crippen molar-refractivity contribution >= 4 is 44.8 Å². The number of benzene rings is 1. The second kappa shape index (κ2) is 8.49. The second-order valence-electron chi connectivity index (χ2n) is 5.89. The van der Waals surface area contributed by atoms with Gasteiger partial charge < -0.3 is 4.90 Å². The van der Waals surface area contributed by atoms with Crippen molar-refractivity contribution in [1.82, 2.24) is 10.2 Å². The highest BCUT2D eigenvalue weighted by Crippen LogP contribution is 2.40. The average molecular weight is 434 g/mol. The lowest BCUT2D eigenvalue weighted by Crippen LogP contribution is -2.39. The number of anilines is 2. The third-order valence-corrected chi connectivity index (χ3v) is 5.71. The smallest absolute Gasteiger partial charge is 0.371 e. The largest absolute Gasteiger partial charge is 0.498 e. The van der Waals surface area contributed by atoms with Crippen LogP contribution in [0.5, 0.6) is 0 Å². The predicted octanol–water partition coefficient (Wildman–Crippen LogP) is 4.58. The molecule has 152 valence electrons. The summed E-state index contributed by atoms with van der Waals surface area (Å²) in [6.45, 7) is 3.30. The van der Waals surface area contributed by atoms with Crippen LogP contribution in [-0.4, -0.2) is 38.3 Å². The number of azo groups is 1. The summed E-state index contributed by atoms with van der Waals surface area (Å²) in [5, 5.41) is 16.2. The molecule has 28 heavy (non-hydrogen) atoms. The van der Waals surface area contributed by atoms with Gasteiger partial charge in [0.15, 0.2) is 0 Å². The lowest BCUT2D eigenvalue weighted by Gasteiger charge is -2.25. The van der Waals surface area contributed by atoms with Crippen molar-refractivity contribution in [3.8, 4) is 0 Å². The Kier molecular flexibility index (Phi) is 6.25. The molecule has 1 fully saturated rings. The Labute approximate surface area is 165 Å². The number of rotatable bonds is 6. The Balaban J connectivity index is 2.03. The van der Waals surface area contributed by atoms with E-state index in [1.807, 2.05) is 11.8 Å². The zero-order valence-corrected chi connectivity index (χ0v) is 16.4. The summed E-state index contributed by atoms with van der Waals surface area (Å²) in [5.41, 5.74) is -0.229. The van der Waals surface area contributed by atoms with Crippen LogP contribution < -0.4 is 9.21 Å². The van der Waals surface area contributed by atoms with Gasteiger partial charge in [0.2, 0.25) is 0 Å². The number of hydrogen-bond donors (Lipinski definition) is 1. The molecule has 1 aliphatic rings. The maximum atomic E-state index is 13.4. The van der Waals surface area contributed by atoms with Gasteiger partial charge in [-0.05, 0) is 37.5 Å². The van der Waals surface area contributed by atoms with E-state index in [9.17, 15) is 21.9 Å². The Bertz CT molecular complexity index is 883. The van der Waals surface area contributed by atoms with Gasteiger partial charge in [0.1, 0.15) is 10.7 Å². The number of aromatic nitrogens is 2. The molecule has 0 radical (unpaired) electrons. The standard InChI is InChI=1S/C15H17F3N6O2S2/c1-2-13-20-22-14(27-13)21-19-11-6-5-10(23-7-3-4-8-23)9-12(11)24(28(25)26)15(16,17)18/h5-6,9H,2-4,7-8H2,1H3,(H,25,26). The van der Waals surface area contributed by atoms with Crippen LogP contribution in [0.1, 0.15) is 24.8 Å². The summed E-state index contributed by atoms with van der Waals surface area (Å²) < 4.78 is 60.5. The van der Waals surface area contributed by atoms with Crippen LogP contribution in [0.25, 0.3) is 0 Å². The van der Waals surface area contributed by atoms with Crippen molar-refractivity contribution in [3.05, 3.63) is 23.2 Å². The van der Waals surface area contributed by atoms with E-state index >= 15 is 0 Å². The van der Waals surface area contributed by atoms with Gasteiger partial charge in [-0.1, -0.05) is 18.3 Å². The molecule has 0 amide bonds. The van der Waals surface area contributed by atoms with Crippen LogP contribution in [0.3, 0.4) is 0 Å². The highest BCUT2D eigenvalue weighted by molar-refractivity contribution is 7.80. The van der Waals surface area contributed by atoms with E-state index in [4.69, 9.17) is 0 Å². The van der Waals surface area contributed by atoms with Gasteiger partial charge in [0, 0.05) is 18.8 Å². The molecule has 1 aromatic heterocycles. The summed E-state index contributed by atoms with van der Waals surface area (Å²) in [6, 6.07) is 4.17. The molecule has 0 spiro atoms. The molecule has 1 saturated heterocycles. The van der Waals surface area contributed by atoms with Gasteiger partial charge in [0.25, 0.3) is 16.4 Å². The Morgan fingerprint density at radius 2 is 2.00 bits per heavy atom. The highest BCUT2D eigenvalue weighted by atomic mass is 32.2. The lowest BCUT2D eigenvalue weighted by atomic mass is 10.2. The zero-order valence-electron chi connectivity index (χ0n) is 14.8. The first kappa shape index (κ1) is 20.6. The van der Waals surface area contributed by atoms with Gasteiger partial charge in [-0.15, -0.1) is 33.6 Å². The van der Waals surface area contributed by atoms with Gasteiger partial charge in [-0.25, -0.2) is 4.21 Å². The molecule has 3 rings (SSSR count). The molecule has 1 atom stereocenters. The molecule has 1 N–H and O–H groups in total. The van der Waals surface area contributed by atoms with Crippen molar-refractivity contribution in [3.63, 3.8) is 0 Å². The minimum Gasteiger partial charge on any atom is -0.371 e. The summed E-state index contributed by atoms with van der Waals surface area (Å²) in [7, 11) is 0. The summed E-state index contributed by atoms with van der Waals surface area (Å²) in [4.78, 5) is 1.91. The molecule has 0 bridgehead atoms. The predicted molar refractivity (Wildman–Crippen MR) is 101 cm³/mol. The quantitative estimate of drug-likeness (QED) is 0.408. The fourth-order valence-electron chi connectivity index (χ4n) is 2.77. The van der Waals surface area contributed by atoms with Crippen molar-refractivity contribution in [2.24, 2.45) is 10.2 Å². The van der Waals surface area contributed by atoms with E-state index in [0.717, 1.165) is 12.8 Å². The molecule has 13 heteroatoms. The van der Waals surface area contributed by atoms with Gasteiger partial charge in [-0.3, -0.25) is 4.55 Å². The number of nitrogens with zero attached hydrogens (tertiary/aromatic N) is 6. The molecule has 1 aromatic carbocycles. The first-order valence-electron chi connectivity index (χ1n) is 8.40. The van der Waals surface area contributed by atoms with Crippen molar-refractivity contribution in [1.29, 1.82) is 0 Å². The van der Waals surface area contributed by atoms with Crippen LogP contribution in [0.2, 0.25) is 0 Å². The fraction of sp³-hybridized carbons (Fsp3) is 0.467. The topological polar surface area (TPSA) is 94.3 Å². The average Bonchev–Trinajstić information content (AvgIpc) is 3.31. The van der Waals surface area contributed by atoms with E-state index < -0.39 is 27.6 Å². The summed E-state index contributed by atoms with van der Waals surface area (Å²) >= 11 is -2.16. The van der Waals surface area contributed by atoms with Crippen LogP contribution in [0.4, 0.5) is 35.4 Å². The molecule has 1 aliphatic heterocycles. The number of aryl methyl sites for hydroxylation is 1.